The van der Waals surface area contributed by atoms with Crippen molar-refractivity contribution in [2.75, 3.05) is 6.61 Å². The van der Waals surface area contributed by atoms with Gasteiger partial charge in [0.15, 0.2) is 6.61 Å². The van der Waals surface area contributed by atoms with E-state index in [1.54, 1.807) is 18.2 Å². The number of benzene rings is 3. The summed E-state index contributed by atoms with van der Waals surface area (Å²) in [5, 5.41) is 3.90. The zero-order chi connectivity index (χ0) is 29.4. The number of amides is 2. The van der Waals surface area contributed by atoms with Crippen molar-refractivity contribution >= 4 is 50.9 Å². The van der Waals surface area contributed by atoms with E-state index in [9.17, 15) is 9.59 Å². The van der Waals surface area contributed by atoms with Gasteiger partial charge in [0.2, 0.25) is 5.91 Å². The van der Waals surface area contributed by atoms with Crippen LogP contribution in [0.25, 0.3) is 0 Å². The van der Waals surface area contributed by atoms with Crippen molar-refractivity contribution in [2.24, 2.45) is 0 Å². The van der Waals surface area contributed by atoms with Crippen LogP contribution in [-0.2, 0) is 28.0 Å². The summed E-state index contributed by atoms with van der Waals surface area (Å²) in [6.45, 7) is 10.1. The Balaban J connectivity index is 1.96. The first-order valence-electron chi connectivity index (χ1n) is 13.4. The zero-order valence-corrected chi connectivity index (χ0v) is 26.7. The molecule has 0 spiro atoms. The van der Waals surface area contributed by atoms with Gasteiger partial charge in [-0.05, 0) is 70.1 Å². The summed E-state index contributed by atoms with van der Waals surface area (Å²) in [7, 11) is 0. The molecule has 3 aromatic rings. The Kier molecular flexibility index (Phi) is 11.5. The molecule has 2 atom stereocenters. The van der Waals surface area contributed by atoms with Crippen molar-refractivity contribution in [3.05, 3.63) is 97.9 Å². The van der Waals surface area contributed by atoms with Gasteiger partial charge in [-0.15, -0.1) is 0 Å². The highest BCUT2D eigenvalue weighted by atomic mass is 79.9. The zero-order valence-electron chi connectivity index (χ0n) is 23.6. The van der Waals surface area contributed by atoms with Gasteiger partial charge < -0.3 is 15.0 Å². The van der Waals surface area contributed by atoms with E-state index in [4.69, 9.17) is 27.9 Å². The van der Waals surface area contributed by atoms with Crippen molar-refractivity contribution in [2.45, 2.75) is 71.5 Å². The number of hydrogen-bond acceptors (Lipinski definition) is 3. The molecule has 0 aliphatic heterocycles. The standard InChI is InChI=1S/C32H37BrCl2N2O3/c1-6-21(2)36-31(39)28(17-22-11-8-7-9-12-22)37(19-24-26(34)13-10-14-27(24)35)30(38)20-40-29-16-15-23(18-25(29)33)32(3,4)5/h7-16,18,21,28H,6,17,19-20H2,1-5H3,(H,36,39)/t21-,28+/m1/s1. The number of carbonyl (C=O) groups excluding carboxylic acids is 2. The number of nitrogens with one attached hydrogen (secondary N) is 1. The summed E-state index contributed by atoms with van der Waals surface area (Å²) >= 11 is 16.6. The van der Waals surface area contributed by atoms with Crippen LogP contribution in [0.3, 0.4) is 0 Å². The molecule has 1 N–H and O–H groups in total. The van der Waals surface area contributed by atoms with Crippen LogP contribution in [0.15, 0.2) is 71.2 Å². The largest absolute Gasteiger partial charge is 0.483 e. The molecule has 0 unspecified atom stereocenters. The van der Waals surface area contributed by atoms with Gasteiger partial charge in [-0.2, -0.15) is 0 Å². The second-order valence-corrected chi connectivity index (χ2v) is 12.6. The maximum absolute atomic E-state index is 13.9. The summed E-state index contributed by atoms with van der Waals surface area (Å²) in [6, 6.07) is 19.8. The van der Waals surface area contributed by atoms with Gasteiger partial charge in [-0.25, -0.2) is 0 Å². The van der Waals surface area contributed by atoms with Crippen LogP contribution in [0.5, 0.6) is 5.75 Å². The van der Waals surface area contributed by atoms with Crippen LogP contribution in [0.4, 0.5) is 0 Å². The van der Waals surface area contributed by atoms with E-state index in [0.29, 0.717) is 27.8 Å². The van der Waals surface area contributed by atoms with Gasteiger partial charge in [0.05, 0.1) is 4.47 Å². The fourth-order valence-corrected chi connectivity index (χ4v) is 5.17. The highest BCUT2D eigenvalue weighted by Gasteiger charge is 2.32. The first-order chi connectivity index (χ1) is 18.9. The maximum atomic E-state index is 13.9. The SMILES string of the molecule is CC[C@@H](C)NC(=O)[C@H](Cc1ccccc1)N(Cc1c(Cl)cccc1Cl)C(=O)COc1ccc(C(C)(C)C)cc1Br. The van der Waals surface area contributed by atoms with Gasteiger partial charge in [0.1, 0.15) is 11.8 Å². The van der Waals surface area contributed by atoms with Gasteiger partial charge >= 0.3 is 0 Å². The second-order valence-electron chi connectivity index (χ2n) is 10.9. The van der Waals surface area contributed by atoms with Crippen LogP contribution in [0.2, 0.25) is 10.0 Å². The molecule has 0 radical (unpaired) electrons. The average Bonchev–Trinajstić information content (AvgIpc) is 2.91. The Hall–Kier alpha value is -2.54. The molecule has 0 fully saturated rings. The van der Waals surface area contributed by atoms with Crippen molar-refractivity contribution in [1.29, 1.82) is 0 Å². The molecular formula is C32H37BrCl2N2O3. The normalized spacial score (nSPS) is 12.9. The van der Waals surface area contributed by atoms with E-state index in [1.165, 1.54) is 4.90 Å². The van der Waals surface area contributed by atoms with Crippen LogP contribution < -0.4 is 10.1 Å². The third-order valence-electron chi connectivity index (χ3n) is 6.81. The van der Waals surface area contributed by atoms with Crippen molar-refractivity contribution < 1.29 is 14.3 Å². The minimum atomic E-state index is -0.813. The molecule has 3 aromatic carbocycles. The third kappa shape index (κ3) is 8.73. The van der Waals surface area contributed by atoms with Crippen LogP contribution in [0.1, 0.15) is 57.7 Å². The number of rotatable bonds is 11. The molecule has 214 valence electrons. The molecule has 40 heavy (non-hydrogen) atoms. The van der Waals surface area contributed by atoms with Gasteiger partial charge in [0.25, 0.3) is 5.91 Å². The molecular weight excluding hydrogens is 611 g/mol. The van der Waals surface area contributed by atoms with E-state index in [2.05, 4.69) is 42.0 Å². The summed E-state index contributed by atoms with van der Waals surface area (Å²) in [4.78, 5) is 29.1. The smallest absolute Gasteiger partial charge is 0.261 e. The predicted molar refractivity (Wildman–Crippen MR) is 167 cm³/mol. The summed E-state index contributed by atoms with van der Waals surface area (Å²) < 4.78 is 6.75. The lowest BCUT2D eigenvalue weighted by molar-refractivity contribution is -0.143. The molecule has 5 nitrogen and oxygen atoms in total. The van der Waals surface area contributed by atoms with Crippen molar-refractivity contribution in [3.8, 4) is 5.75 Å². The second kappa shape index (κ2) is 14.4. The van der Waals surface area contributed by atoms with E-state index in [1.807, 2.05) is 62.4 Å². The lowest BCUT2D eigenvalue weighted by Crippen LogP contribution is -2.53. The summed E-state index contributed by atoms with van der Waals surface area (Å²) in [5.41, 5.74) is 2.61. The highest BCUT2D eigenvalue weighted by molar-refractivity contribution is 9.10. The minimum Gasteiger partial charge on any atom is -0.483 e. The van der Waals surface area contributed by atoms with Crippen molar-refractivity contribution in [3.63, 3.8) is 0 Å². The molecule has 0 saturated carbocycles. The number of nitrogens with zero attached hydrogens (tertiary/aromatic N) is 1. The molecule has 0 aliphatic carbocycles. The van der Waals surface area contributed by atoms with Gasteiger partial charge in [-0.3, -0.25) is 9.59 Å². The van der Waals surface area contributed by atoms with E-state index in [0.717, 1.165) is 22.0 Å². The lowest BCUT2D eigenvalue weighted by Gasteiger charge is -2.32. The fraction of sp³-hybridized carbons (Fsp3) is 0.375. The first kappa shape index (κ1) is 32.0. The topological polar surface area (TPSA) is 58.6 Å². The van der Waals surface area contributed by atoms with E-state index in [-0.39, 0.29) is 36.4 Å². The Morgan fingerprint density at radius 2 is 1.65 bits per heavy atom. The Morgan fingerprint density at radius 1 is 1.00 bits per heavy atom. The Bertz CT molecular complexity index is 1290. The number of carbonyl (C=O) groups is 2. The van der Waals surface area contributed by atoms with Crippen molar-refractivity contribution in [1.82, 2.24) is 10.2 Å². The lowest BCUT2D eigenvalue weighted by atomic mass is 9.87. The minimum absolute atomic E-state index is 0.0322. The molecule has 0 aromatic heterocycles. The first-order valence-corrected chi connectivity index (χ1v) is 14.9. The predicted octanol–water partition coefficient (Wildman–Crippen LogP) is 7.99. The molecule has 0 bridgehead atoms. The highest BCUT2D eigenvalue weighted by Crippen LogP contribution is 2.32. The molecule has 3 rings (SSSR count). The molecule has 0 heterocycles. The molecule has 2 amide bonds. The van der Waals surface area contributed by atoms with Crippen LogP contribution in [-0.4, -0.2) is 35.4 Å². The quantitative estimate of drug-likeness (QED) is 0.230. The molecule has 8 heteroatoms. The monoisotopic (exact) mass is 646 g/mol. The number of halogens is 3. The number of hydrogen-bond donors (Lipinski definition) is 1. The molecule has 0 saturated heterocycles. The van der Waals surface area contributed by atoms with E-state index < -0.39 is 6.04 Å². The van der Waals surface area contributed by atoms with Crippen LogP contribution >= 0.6 is 39.1 Å². The van der Waals surface area contributed by atoms with Gasteiger partial charge in [-0.1, -0.05) is 93.4 Å². The Labute approximate surface area is 256 Å². The number of ether oxygens (including phenoxy) is 1. The Morgan fingerprint density at radius 3 is 2.23 bits per heavy atom. The average molecular weight is 648 g/mol. The maximum Gasteiger partial charge on any atom is 0.261 e. The summed E-state index contributed by atoms with van der Waals surface area (Å²) in [6.07, 6.45) is 1.08. The molecule has 0 aliphatic rings. The van der Waals surface area contributed by atoms with Gasteiger partial charge in [0, 0.05) is 34.6 Å². The van der Waals surface area contributed by atoms with Crippen LogP contribution in [0, 0.1) is 0 Å². The fourth-order valence-electron chi connectivity index (χ4n) is 4.16. The van der Waals surface area contributed by atoms with E-state index >= 15 is 0 Å². The third-order valence-corrected chi connectivity index (χ3v) is 8.14. The summed E-state index contributed by atoms with van der Waals surface area (Å²) in [5.74, 6) is -0.0609.